The van der Waals surface area contributed by atoms with Gasteiger partial charge in [0.15, 0.2) is 17.4 Å². The summed E-state index contributed by atoms with van der Waals surface area (Å²) in [7, 11) is -3.89. The minimum absolute atomic E-state index is 0.159. The van der Waals surface area contributed by atoms with E-state index in [-0.39, 0.29) is 36.1 Å². The van der Waals surface area contributed by atoms with Gasteiger partial charge in [0.05, 0.1) is 0 Å². The Labute approximate surface area is 149 Å². The predicted molar refractivity (Wildman–Crippen MR) is 87.6 cm³/mol. The molecule has 0 spiro atoms. The SMILES string of the molecule is NC(=O)c1ccc(S(=O)(=O)N2CCN(Cc3cccc(F)c3F)CC2)o1. The van der Waals surface area contributed by atoms with Gasteiger partial charge in [0.2, 0.25) is 5.09 Å². The molecule has 1 aromatic carbocycles. The third-order valence-electron chi connectivity index (χ3n) is 4.18. The fourth-order valence-electron chi connectivity index (χ4n) is 2.76. The normalized spacial score (nSPS) is 16.7. The van der Waals surface area contributed by atoms with E-state index in [0.29, 0.717) is 13.1 Å². The highest BCUT2D eigenvalue weighted by Crippen LogP contribution is 2.21. The molecule has 0 radical (unpaired) electrons. The predicted octanol–water partition coefficient (Wildman–Crippen LogP) is 1.16. The minimum atomic E-state index is -3.89. The zero-order valence-corrected chi connectivity index (χ0v) is 14.5. The van der Waals surface area contributed by atoms with Crippen molar-refractivity contribution in [2.45, 2.75) is 11.6 Å². The lowest BCUT2D eigenvalue weighted by Crippen LogP contribution is -2.48. The standard InChI is InChI=1S/C16H17F2N3O4S/c17-12-3-1-2-11(15(12)18)10-20-6-8-21(9-7-20)26(23,24)14-5-4-13(25-14)16(19)22/h1-5H,6-10H2,(H2,19,22). The first kappa shape index (κ1) is 18.5. The van der Waals surface area contributed by atoms with Crippen LogP contribution in [0.3, 0.4) is 0 Å². The Kier molecular flexibility index (Phi) is 5.08. The average Bonchev–Trinajstić information content (AvgIpc) is 3.11. The van der Waals surface area contributed by atoms with Crippen LogP contribution in [0.1, 0.15) is 16.1 Å². The molecule has 1 fully saturated rings. The Morgan fingerprint density at radius 3 is 2.42 bits per heavy atom. The van der Waals surface area contributed by atoms with Crippen molar-refractivity contribution in [2.24, 2.45) is 5.73 Å². The number of piperazine rings is 1. The number of hydrogen-bond donors (Lipinski definition) is 1. The van der Waals surface area contributed by atoms with E-state index in [4.69, 9.17) is 10.2 Å². The smallest absolute Gasteiger partial charge is 0.284 e. The summed E-state index contributed by atoms with van der Waals surface area (Å²) in [4.78, 5) is 12.9. The van der Waals surface area contributed by atoms with Crippen LogP contribution in [-0.4, -0.2) is 49.7 Å². The summed E-state index contributed by atoms with van der Waals surface area (Å²) in [5.74, 6) is -2.89. The summed E-state index contributed by atoms with van der Waals surface area (Å²) in [5, 5.41) is -0.351. The van der Waals surface area contributed by atoms with Crippen LogP contribution in [0.25, 0.3) is 0 Å². The van der Waals surface area contributed by atoms with Gasteiger partial charge in [-0.05, 0) is 18.2 Å². The summed E-state index contributed by atoms with van der Waals surface area (Å²) in [5.41, 5.74) is 5.28. The van der Waals surface area contributed by atoms with Gasteiger partial charge in [-0.2, -0.15) is 4.31 Å². The highest BCUT2D eigenvalue weighted by molar-refractivity contribution is 7.89. The summed E-state index contributed by atoms with van der Waals surface area (Å²) >= 11 is 0. The van der Waals surface area contributed by atoms with Crippen molar-refractivity contribution in [3.8, 4) is 0 Å². The van der Waals surface area contributed by atoms with E-state index in [2.05, 4.69) is 0 Å². The first-order chi connectivity index (χ1) is 12.3. The molecule has 26 heavy (non-hydrogen) atoms. The van der Waals surface area contributed by atoms with Crippen molar-refractivity contribution in [1.82, 2.24) is 9.21 Å². The number of benzene rings is 1. The zero-order chi connectivity index (χ0) is 18.9. The molecule has 1 aromatic heterocycles. The summed E-state index contributed by atoms with van der Waals surface area (Å²) in [6.07, 6.45) is 0. The fraction of sp³-hybridized carbons (Fsp3) is 0.312. The second-order valence-corrected chi connectivity index (χ2v) is 7.75. The minimum Gasteiger partial charge on any atom is -0.438 e. The maximum Gasteiger partial charge on any atom is 0.284 e. The van der Waals surface area contributed by atoms with E-state index in [9.17, 15) is 22.0 Å². The van der Waals surface area contributed by atoms with Crippen LogP contribution >= 0.6 is 0 Å². The van der Waals surface area contributed by atoms with Gasteiger partial charge >= 0.3 is 0 Å². The first-order valence-corrected chi connectivity index (χ1v) is 9.28. The molecule has 10 heteroatoms. The zero-order valence-electron chi connectivity index (χ0n) is 13.7. The number of sulfonamides is 1. The number of halogens is 2. The summed E-state index contributed by atoms with van der Waals surface area (Å²) < 4.78 is 58.3. The molecule has 1 aliphatic rings. The van der Waals surface area contributed by atoms with E-state index < -0.39 is 27.6 Å². The Morgan fingerprint density at radius 1 is 1.12 bits per heavy atom. The number of hydrogen-bond acceptors (Lipinski definition) is 5. The van der Waals surface area contributed by atoms with Crippen molar-refractivity contribution in [3.05, 3.63) is 53.3 Å². The van der Waals surface area contributed by atoms with Gasteiger partial charge in [-0.25, -0.2) is 17.2 Å². The molecule has 0 atom stereocenters. The number of nitrogens with two attached hydrogens (primary N) is 1. The van der Waals surface area contributed by atoms with Crippen LogP contribution in [0.2, 0.25) is 0 Å². The maximum atomic E-state index is 13.8. The van der Waals surface area contributed by atoms with Crippen molar-refractivity contribution < 1.29 is 26.4 Å². The second kappa shape index (κ2) is 7.14. The van der Waals surface area contributed by atoms with Crippen molar-refractivity contribution in [2.75, 3.05) is 26.2 Å². The maximum absolute atomic E-state index is 13.8. The first-order valence-electron chi connectivity index (χ1n) is 7.84. The number of carbonyl (C=O) groups excluding carboxylic acids is 1. The van der Waals surface area contributed by atoms with Gasteiger partial charge in [-0.1, -0.05) is 12.1 Å². The van der Waals surface area contributed by atoms with Gasteiger partial charge in [0.25, 0.3) is 15.9 Å². The quantitative estimate of drug-likeness (QED) is 0.833. The largest absolute Gasteiger partial charge is 0.438 e. The van der Waals surface area contributed by atoms with Crippen LogP contribution in [0.4, 0.5) is 8.78 Å². The van der Waals surface area contributed by atoms with Crippen LogP contribution < -0.4 is 5.73 Å². The Morgan fingerprint density at radius 2 is 1.81 bits per heavy atom. The number of primary amides is 1. The number of carbonyl (C=O) groups is 1. The Bertz CT molecular complexity index is 921. The molecule has 0 unspecified atom stereocenters. The molecule has 1 aliphatic heterocycles. The van der Waals surface area contributed by atoms with Gasteiger partial charge < -0.3 is 10.2 Å². The monoisotopic (exact) mass is 385 g/mol. The molecule has 0 aliphatic carbocycles. The van der Waals surface area contributed by atoms with Crippen molar-refractivity contribution in [1.29, 1.82) is 0 Å². The van der Waals surface area contributed by atoms with Crippen LogP contribution in [0.5, 0.6) is 0 Å². The lowest BCUT2D eigenvalue weighted by Gasteiger charge is -2.33. The van der Waals surface area contributed by atoms with Crippen molar-refractivity contribution in [3.63, 3.8) is 0 Å². The van der Waals surface area contributed by atoms with E-state index >= 15 is 0 Å². The Balaban J connectivity index is 1.65. The summed E-state index contributed by atoms with van der Waals surface area (Å²) in [6.45, 7) is 1.19. The molecule has 2 heterocycles. The highest BCUT2D eigenvalue weighted by Gasteiger charge is 2.31. The molecule has 1 saturated heterocycles. The molecule has 2 N–H and O–H groups in total. The number of nitrogens with zero attached hydrogens (tertiary/aromatic N) is 2. The molecule has 0 bridgehead atoms. The van der Waals surface area contributed by atoms with E-state index in [1.54, 1.807) is 0 Å². The lowest BCUT2D eigenvalue weighted by atomic mass is 10.2. The van der Waals surface area contributed by atoms with Crippen LogP contribution in [0, 0.1) is 11.6 Å². The Hall–Kier alpha value is -2.30. The lowest BCUT2D eigenvalue weighted by molar-refractivity contribution is 0.0968. The molecule has 1 amide bonds. The third kappa shape index (κ3) is 3.62. The molecule has 2 aromatic rings. The van der Waals surface area contributed by atoms with Crippen molar-refractivity contribution >= 4 is 15.9 Å². The average molecular weight is 385 g/mol. The molecule has 140 valence electrons. The van der Waals surface area contributed by atoms with E-state index in [1.165, 1.54) is 28.6 Å². The molecular weight excluding hydrogens is 368 g/mol. The van der Waals surface area contributed by atoms with Gasteiger partial charge in [0.1, 0.15) is 0 Å². The van der Waals surface area contributed by atoms with Crippen LogP contribution in [-0.2, 0) is 16.6 Å². The van der Waals surface area contributed by atoms with Gasteiger partial charge in [-0.15, -0.1) is 0 Å². The molecular formula is C16H17F2N3O4S. The van der Waals surface area contributed by atoms with E-state index in [0.717, 1.165) is 6.07 Å². The number of furan rings is 1. The highest BCUT2D eigenvalue weighted by atomic mass is 32.2. The summed E-state index contributed by atoms with van der Waals surface area (Å²) in [6, 6.07) is 6.37. The fourth-order valence-corrected chi connectivity index (χ4v) is 4.09. The topological polar surface area (TPSA) is 96.8 Å². The third-order valence-corrected chi connectivity index (χ3v) is 5.95. The second-order valence-electron chi connectivity index (χ2n) is 5.88. The van der Waals surface area contributed by atoms with Gasteiger partial charge in [0, 0.05) is 38.3 Å². The molecule has 3 rings (SSSR count). The number of rotatable bonds is 5. The van der Waals surface area contributed by atoms with E-state index in [1.807, 2.05) is 4.90 Å². The van der Waals surface area contributed by atoms with Crippen LogP contribution in [0.15, 0.2) is 39.8 Å². The van der Waals surface area contributed by atoms with Gasteiger partial charge in [-0.3, -0.25) is 9.69 Å². The molecule has 7 nitrogen and oxygen atoms in total. The number of amides is 1. The molecule has 0 saturated carbocycles.